The van der Waals surface area contributed by atoms with Crippen LogP contribution in [0.1, 0.15) is 12.5 Å². The molecule has 0 aliphatic rings. The van der Waals surface area contributed by atoms with Crippen LogP contribution in [0, 0.1) is 0 Å². The van der Waals surface area contributed by atoms with Gasteiger partial charge in [-0.2, -0.15) is 0 Å². The monoisotopic (exact) mass is 207 g/mol. The molecule has 0 amide bonds. The zero-order valence-electron chi connectivity index (χ0n) is 9.14. The molecule has 0 fully saturated rings. The lowest BCUT2D eigenvalue weighted by molar-refractivity contribution is 0.317. The lowest BCUT2D eigenvalue weighted by Crippen LogP contribution is -2.30. The number of nitrogens with two attached hydrogens (primary N) is 1. The molecule has 1 aromatic carbocycles. The fourth-order valence-corrected chi connectivity index (χ4v) is 1.35. The van der Waals surface area contributed by atoms with E-state index in [1.807, 2.05) is 24.1 Å². The van der Waals surface area contributed by atoms with Crippen molar-refractivity contribution in [2.75, 3.05) is 18.5 Å². The van der Waals surface area contributed by atoms with Crippen LogP contribution in [0.15, 0.2) is 29.4 Å². The minimum absolute atomic E-state index is 0.206. The molecular weight excluding hydrogens is 190 g/mol. The molecule has 15 heavy (non-hydrogen) atoms. The predicted molar refractivity (Wildman–Crippen MR) is 62.5 cm³/mol. The van der Waals surface area contributed by atoms with Crippen LogP contribution in [0.4, 0.5) is 5.69 Å². The fourth-order valence-electron chi connectivity index (χ4n) is 1.35. The average Bonchev–Trinajstić information content (AvgIpc) is 2.29. The van der Waals surface area contributed by atoms with Crippen molar-refractivity contribution in [2.45, 2.75) is 13.3 Å². The molecule has 0 bridgehead atoms. The Morgan fingerprint density at radius 1 is 1.40 bits per heavy atom. The molecule has 82 valence electrons. The molecule has 4 heteroatoms. The summed E-state index contributed by atoms with van der Waals surface area (Å²) in [7, 11) is 1.90. The second kappa shape index (κ2) is 5.24. The van der Waals surface area contributed by atoms with Crippen molar-refractivity contribution in [1.82, 2.24) is 0 Å². The van der Waals surface area contributed by atoms with Crippen LogP contribution in [-0.2, 0) is 6.42 Å². The van der Waals surface area contributed by atoms with Crippen molar-refractivity contribution in [3.05, 3.63) is 29.8 Å². The Balaban J connectivity index is 2.69. The van der Waals surface area contributed by atoms with Gasteiger partial charge in [-0.15, -0.1) is 0 Å². The van der Waals surface area contributed by atoms with Crippen LogP contribution < -0.4 is 10.6 Å². The van der Waals surface area contributed by atoms with Crippen LogP contribution >= 0.6 is 0 Å². The molecule has 0 atom stereocenters. The van der Waals surface area contributed by atoms with Gasteiger partial charge in [0, 0.05) is 12.7 Å². The van der Waals surface area contributed by atoms with E-state index in [4.69, 9.17) is 10.9 Å². The average molecular weight is 207 g/mol. The maximum absolute atomic E-state index is 8.45. The van der Waals surface area contributed by atoms with Crippen molar-refractivity contribution < 1.29 is 5.21 Å². The quantitative estimate of drug-likeness (QED) is 0.340. The number of nitrogens with zero attached hydrogens (tertiary/aromatic N) is 2. The Kier molecular flexibility index (Phi) is 3.97. The first-order valence-electron chi connectivity index (χ1n) is 4.93. The fraction of sp³-hybridized carbons (Fsp3) is 0.364. The SMILES string of the molecule is CCc1ccc(N(C)CC(N)=NO)cc1. The molecule has 0 saturated heterocycles. The molecule has 3 N–H and O–H groups in total. The number of rotatable bonds is 4. The Morgan fingerprint density at radius 2 is 2.00 bits per heavy atom. The summed E-state index contributed by atoms with van der Waals surface area (Å²) in [5.41, 5.74) is 7.78. The predicted octanol–water partition coefficient (Wildman–Crippen LogP) is 1.43. The molecule has 0 radical (unpaired) electrons. The molecule has 0 saturated carbocycles. The van der Waals surface area contributed by atoms with Gasteiger partial charge in [-0.1, -0.05) is 24.2 Å². The van der Waals surface area contributed by atoms with Gasteiger partial charge in [-0.05, 0) is 24.1 Å². The minimum Gasteiger partial charge on any atom is -0.409 e. The van der Waals surface area contributed by atoms with E-state index < -0.39 is 0 Å². The van der Waals surface area contributed by atoms with Crippen LogP contribution in [0.3, 0.4) is 0 Å². The van der Waals surface area contributed by atoms with Gasteiger partial charge in [0.05, 0.1) is 6.54 Å². The first kappa shape index (κ1) is 11.4. The summed E-state index contributed by atoms with van der Waals surface area (Å²) in [6.07, 6.45) is 1.03. The van der Waals surface area contributed by atoms with E-state index >= 15 is 0 Å². The molecule has 0 heterocycles. The van der Waals surface area contributed by atoms with Crippen LogP contribution in [0.5, 0.6) is 0 Å². The van der Waals surface area contributed by atoms with E-state index in [1.165, 1.54) is 5.56 Å². The lowest BCUT2D eigenvalue weighted by atomic mass is 10.1. The topological polar surface area (TPSA) is 61.8 Å². The van der Waals surface area contributed by atoms with Crippen molar-refractivity contribution in [3.8, 4) is 0 Å². The van der Waals surface area contributed by atoms with Gasteiger partial charge in [0.25, 0.3) is 0 Å². The number of hydrogen-bond acceptors (Lipinski definition) is 3. The smallest absolute Gasteiger partial charge is 0.158 e. The maximum atomic E-state index is 8.45. The van der Waals surface area contributed by atoms with Gasteiger partial charge < -0.3 is 15.8 Å². The van der Waals surface area contributed by atoms with Crippen LogP contribution in [0.25, 0.3) is 0 Å². The van der Waals surface area contributed by atoms with Gasteiger partial charge >= 0.3 is 0 Å². The third-order valence-corrected chi connectivity index (χ3v) is 2.31. The second-order valence-electron chi connectivity index (χ2n) is 3.47. The normalized spacial score (nSPS) is 11.5. The molecule has 1 rings (SSSR count). The summed E-state index contributed by atoms with van der Waals surface area (Å²) in [6, 6.07) is 8.23. The number of aryl methyl sites for hydroxylation is 1. The van der Waals surface area contributed by atoms with Crippen LogP contribution in [0.2, 0.25) is 0 Å². The number of anilines is 1. The summed E-state index contributed by atoms with van der Waals surface area (Å²) in [6.45, 7) is 2.54. The molecular formula is C11H17N3O. The summed E-state index contributed by atoms with van der Waals surface area (Å²) in [4.78, 5) is 1.93. The zero-order valence-corrected chi connectivity index (χ0v) is 9.14. The van der Waals surface area contributed by atoms with Crippen molar-refractivity contribution in [1.29, 1.82) is 0 Å². The summed E-state index contributed by atoms with van der Waals surface area (Å²) >= 11 is 0. The van der Waals surface area contributed by atoms with E-state index in [0.717, 1.165) is 12.1 Å². The summed E-state index contributed by atoms with van der Waals surface area (Å²) < 4.78 is 0. The highest BCUT2D eigenvalue weighted by Crippen LogP contribution is 2.13. The second-order valence-corrected chi connectivity index (χ2v) is 3.47. The molecule has 0 spiro atoms. The van der Waals surface area contributed by atoms with Crippen molar-refractivity contribution in [3.63, 3.8) is 0 Å². The molecule has 0 aliphatic carbocycles. The van der Waals surface area contributed by atoms with E-state index in [-0.39, 0.29) is 5.84 Å². The van der Waals surface area contributed by atoms with Crippen molar-refractivity contribution >= 4 is 11.5 Å². The van der Waals surface area contributed by atoms with E-state index in [9.17, 15) is 0 Å². The maximum Gasteiger partial charge on any atom is 0.158 e. The third kappa shape index (κ3) is 3.16. The summed E-state index contributed by atoms with van der Waals surface area (Å²) in [5, 5.41) is 11.4. The van der Waals surface area contributed by atoms with Crippen LogP contribution in [-0.4, -0.2) is 24.6 Å². The lowest BCUT2D eigenvalue weighted by Gasteiger charge is -2.18. The van der Waals surface area contributed by atoms with Gasteiger partial charge in [0.2, 0.25) is 0 Å². The molecule has 0 aromatic heterocycles. The molecule has 1 aromatic rings. The number of benzene rings is 1. The minimum atomic E-state index is 0.206. The first-order chi connectivity index (χ1) is 7.17. The van der Waals surface area contributed by atoms with Gasteiger partial charge in [-0.25, -0.2) is 0 Å². The van der Waals surface area contributed by atoms with E-state index in [1.54, 1.807) is 0 Å². The Labute approximate surface area is 90.0 Å². The number of hydrogen-bond donors (Lipinski definition) is 2. The number of amidine groups is 1. The highest BCUT2D eigenvalue weighted by molar-refractivity contribution is 5.84. The standard InChI is InChI=1S/C11H17N3O/c1-3-9-4-6-10(7-5-9)14(2)8-11(12)13-15/h4-7,15H,3,8H2,1-2H3,(H2,12,13). The van der Waals surface area contributed by atoms with Gasteiger partial charge in [0.1, 0.15) is 0 Å². The highest BCUT2D eigenvalue weighted by Gasteiger charge is 2.02. The Morgan fingerprint density at radius 3 is 2.47 bits per heavy atom. The molecule has 0 unspecified atom stereocenters. The highest BCUT2D eigenvalue weighted by atomic mass is 16.4. The van der Waals surface area contributed by atoms with E-state index in [2.05, 4.69) is 24.2 Å². The van der Waals surface area contributed by atoms with Gasteiger partial charge in [-0.3, -0.25) is 0 Å². The van der Waals surface area contributed by atoms with E-state index in [0.29, 0.717) is 6.54 Å². The first-order valence-corrected chi connectivity index (χ1v) is 4.93. The molecule has 4 nitrogen and oxygen atoms in total. The summed E-state index contributed by atoms with van der Waals surface area (Å²) in [5.74, 6) is 0.206. The Bertz CT molecular complexity index is 332. The number of likely N-dealkylation sites (N-methyl/N-ethyl adjacent to an activating group) is 1. The Hall–Kier alpha value is -1.71. The zero-order chi connectivity index (χ0) is 11.3. The van der Waals surface area contributed by atoms with Gasteiger partial charge in [0.15, 0.2) is 5.84 Å². The number of oxime groups is 1. The van der Waals surface area contributed by atoms with Crippen molar-refractivity contribution in [2.24, 2.45) is 10.9 Å². The largest absolute Gasteiger partial charge is 0.409 e. The molecule has 0 aliphatic heterocycles. The third-order valence-electron chi connectivity index (χ3n) is 2.31.